The minimum Gasteiger partial charge on any atom is -0.370 e. The van der Waals surface area contributed by atoms with E-state index < -0.39 is 0 Å². The van der Waals surface area contributed by atoms with Crippen molar-refractivity contribution in [3.8, 4) is 0 Å². The molecule has 15 heavy (non-hydrogen) atoms. The lowest BCUT2D eigenvalue weighted by Gasteiger charge is -2.27. The summed E-state index contributed by atoms with van der Waals surface area (Å²) < 4.78 is 0. The van der Waals surface area contributed by atoms with Crippen molar-refractivity contribution in [2.24, 2.45) is 0 Å². The Morgan fingerprint density at radius 1 is 1.20 bits per heavy atom. The van der Waals surface area contributed by atoms with Crippen LogP contribution in [0, 0.1) is 0 Å². The van der Waals surface area contributed by atoms with E-state index in [-0.39, 0.29) is 5.41 Å². The molecule has 0 aliphatic carbocycles. The monoisotopic (exact) mass is 204 g/mol. The maximum atomic E-state index is 4.26. The van der Waals surface area contributed by atoms with Gasteiger partial charge in [-0.25, -0.2) is 0 Å². The van der Waals surface area contributed by atoms with E-state index in [1.807, 2.05) is 12.4 Å². The standard InChI is InChI=1S/C13H20N2/c1-13(2,3)11-6-7-14-10-12(11)15-8-4-5-9-15/h6-7,10H,4-5,8-9H2,1-3H3. The van der Waals surface area contributed by atoms with Crippen LogP contribution in [0.15, 0.2) is 18.5 Å². The highest BCUT2D eigenvalue weighted by molar-refractivity contribution is 5.55. The summed E-state index contributed by atoms with van der Waals surface area (Å²) in [6, 6.07) is 2.16. The van der Waals surface area contributed by atoms with Crippen LogP contribution in [-0.2, 0) is 5.41 Å². The van der Waals surface area contributed by atoms with Crippen LogP contribution in [-0.4, -0.2) is 18.1 Å². The van der Waals surface area contributed by atoms with E-state index in [4.69, 9.17) is 0 Å². The summed E-state index contributed by atoms with van der Waals surface area (Å²) in [4.78, 5) is 6.73. The molecule has 2 heterocycles. The van der Waals surface area contributed by atoms with E-state index >= 15 is 0 Å². The largest absolute Gasteiger partial charge is 0.370 e. The third-order valence-electron chi connectivity index (χ3n) is 3.05. The van der Waals surface area contributed by atoms with Gasteiger partial charge < -0.3 is 4.90 Å². The maximum Gasteiger partial charge on any atom is 0.0590 e. The quantitative estimate of drug-likeness (QED) is 0.699. The number of hydrogen-bond acceptors (Lipinski definition) is 2. The van der Waals surface area contributed by atoms with E-state index in [1.54, 1.807) is 0 Å². The summed E-state index contributed by atoms with van der Waals surface area (Å²) in [5.74, 6) is 0. The zero-order chi connectivity index (χ0) is 10.9. The first-order valence-corrected chi connectivity index (χ1v) is 5.78. The van der Waals surface area contributed by atoms with Gasteiger partial charge in [-0.05, 0) is 29.9 Å². The van der Waals surface area contributed by atoms with Gasteiger partial charge in [-0.1, -0.05) is 20.8 Å². The Labute approximate surface area is 92.3 Å². The molecule has 0 spiro atoms. The zero-order valence-electron chi connectivity index (χ0n) is 9.95. The first-order valence-electron chi connectivity index (χ1n) is 5.78. The van der Waals surface area contributed by atoms with E-state index in [2.05, 4.69) is 36.7 Å². The Kier molecular flexibility index (Phi) is 2.68. The molecule has 1 aromatic heterocycles. The molecule has 0 aromatic carbocycles. The molecule has 82 valence electrons. The molecule has 0 amide bonds. The summed E-state index contributed by atoms with van der Waals surface area (Å²) in [5.41, 5.74) is 2.96. The minimum absolute atomic E-state index is 0.209. The smallest absolute Gasteiger partial charge is 0.0590 e. The molecule has 1 aliphatic heterocycles. The van der Waals surface area contributed by atoms with Crippen molar-refractivity contribution >= 4 is 5.69 Å². The number of hydrogen-bond donors (Lipinski definition) is 0. The zero-order valence-corrected chi connectivity index (χ0v) is 9.95. The molecule has 0 saturated carbocycles. The van der Waals surface area contributed by atoms with Gasteiger partial charge in [-0.2, -0.15) is 0 Å². The van der Waals surface area contributed by atoms with Crippen LogP contribution < -0.4 is 4.90 Å². The minimum atomic E-state index is 0.209. The van der Waals surface area contributed by atoms with Gasteiger partial charge in [0.05, 0.1) is 11.9 Å². The lowest BCUT2D eigenvalue weighted by Crippen LogP contribution is -2.23. The second-order valence-corrected chi connectivity index (χ2v) is 5.34. The molecule has 2 nitrogen and oxygen atoms in total. The second kappa shape index (κ2) is 3.84. The van der Waals surface area contributed by atoms with Gasteiger partial charge in [-0.15, -0.1) is 0 Å². The Bertz CT molecular complexity index is 333. The molecule has 2 rings (SSSR count). The molecular formula is C13H20N2. The summed E-state index contributed by atoms with van der Waals surface area (Å²) in [6.07, 6.45) is 6.56. The Morgan fingerprint density at radius 2 is 1.87 bits per heavy atom. The van der Waals surface area contributed by atoms with Crippen molar-refractivity contribution in [2.45, 2.75) is 39.0 Å². The SMILES string of the molecule is CC(C)(C)c1ccncc1N1CCCC1. The highest BCUT2D eigenvalue weighted by atomic mass is 15.1. The maximum absolute atomic E-state index is 4.26. The van der Waals surface area contributed by atoms with Gasteiger partial charge >= 0.3 is 0 Å². The predicted octanol–water partition coefficient (Wildman–Crippen LogP) is 2.98. The fourth-order valence-corrected chi connectivity index (χ4v) is 2.23. The van der Waals surface area contributed by atoms with Gasteiger partial charge in [0.2, 0.25) is 0 Å². The van der Waals surface area contributed by atoms with Crippen LogP contribution in [0.25, 0.3) is 0 Å². The summed E-state index contributed by atoms with van der Waals surface area (Å²) in [7, 11) is 0. The number of aromatic nitrogens is 1. The van der Waals surface area contributed by atoms with Crippen LogP contribution in [0.2, 0.25) is 0 Å². The molecule has 0 unspecified atom stereocenters. The molecular weight excluding hydrogens is 184 g/mol. The van der Waals surface area contributed by atoms with Crippen LogP contribution in [0.4, 0.5) is 5.69 Å². The Hall–Kier alpha value is -1.05. The summed E-state index contributed by atoms with van der Waals surface area (Å²) in [6.45, 7) is 9.18. The molecule has 0 radical (unpaired) electrons. The van der Waals surface area contributed by atoms with E-state index in [9.17, 15) is 0 Å². The van der Waals surface area contributed by atoms with Gasteiger partial charge in [0.25, 0.3) is 0 Å². The van der Waals surface area contributed by atoms with Crippen molar-refractivity contribution in [3.63, 3.8) is 0 Å². The van der Waals surface area contributed by atoms with Crippen LogP contribution >= 0.6 is 0 Å². The van der Waals surface area contributed by atoms with Crippen LogP contribution in [0.3, 0.4) is 0 Å². The van der Waals surface area contributed by atoms with E-state index in [0.29, 0.717) is 0 Å². The van der Waals surface area contributed by atoms with Crippen molar-refractivity contribution in [1.82, 2.24) is 4.98 Å². The number of anilines is 1. The normalized spacial score (nSPS) is 17.1. The number of rotatable bonds is 1. The number of nitrogens with zero attached hydrogens (tertiary/aromatic N) is 2. The Morgan fingerprint density at radius 3 is 2.47 bits per heavy atom. The van der Waals surface area contributed by atoms with Crippen molar-refractivity contribution in [2.75, 3.05) is 18.0 Å². The van der Waals surface area contributed by atoms with Crippen LogP contribution in [0.5, 0.6) is 0 Å². The molecule has 1 aromatic rings. The fourth-order valence-electron chi connectivity index (χ4n) is 2.23. The molecule has 0 N–H and O–H groups in total. The first-order chi connectivity index (χ1) is 7.09. The predicted molar refractivity (Wildman–Crippen MR) is 64.4 cm³/mol. The fraction of sp³-hybridized carbons (Fsp3) is 0.615. The van der Waals surface area contributed by atoms with Gasteiger partial charge in [-0.3, -0.25) is 4.98 Å². The molecule has 0 atom stereocenters. The topological polar surface area (TPSA) is 16.1 Å². The van der Waals surface area contributed by atoms with Crippen molar-refractivity contribution in [3.05, 3.63) is 24.0 Å². The third kappa shape index (κ3) is 2.14. The highest BCUT2D eigenvalue weighted by Crippen LogP contribution is 2.32. The summed E-state index contributed by atoms with van der Waals surface area (Å²) >= 11 is 0. The summed E-state index contributed by atoms with van der Waals surface area (Å²) in [5, 5.41) is 0. The van der Waals surface area contributed by atoms with E-state index in [0.717, 1.165) is 0 Å². The van der Waals surface area contributed by atoms with Gasteiger partial charge in [0.15, 0.2) is 0 Å². The molecule has 1 fully saturated rings. The van der Waals surface area contributed by atoms with Crippen LogP contribution in [0.1, 0.15) is 39.2 Å². The lowest BCUT2D eigenvalue weighted by molar-refractivity contribution is 0.587. The third-order valence-corrected chi connectivity index (χ3v) is 3.05. The lowest BCUT2D eigenvalue weighted by atomic mass is 9.86. The Balaban J connectivity index is 2.37. The van der Waals surface area contributed by atoms with Crippen molar-refractivity contribution < 1.29 is 0 Å². The van der Waals surface area contributed by atoms with Crippen molar-refractivity contribution in [1.29, 1.82) is 0 Å². The average Bonchev–Trinajstić information content (AvgIpc) is 2.69. The van der Waals surface area contributed by atoms with E-state index in [1.165, 1.54) is 37.2 Å². The molecule has 2 heteroatoms. The molecule has 0 bridgehead atoms. The average molecular weight is 204 g/mol. The highest BCUT2D eigenvalue weighted by Gasteiger charge is 2.22. The second-order valence-electron chi connectivity index (χ2n) is 5.34. The van der Waals surface area contributed by atoms with Gasteiger partial charge in [0.1, 0.15) is 0 Å². The molecule has 1 aliphatic rings. The first kappa shape index (κ1) is 10.5. The number of pyridine rings is 1. The molecule has 1 saturated heterocycles. The van der Waals surface area contributed by atoms with Gasteiger partial charge in [0, 0.05) is 19.3 Å².